The van der Waals surface area contributed by atoms with E-state index in [9.17, 15) is 19.8 Å². The van der Waals surface area contributed by atoms with Crippen molar-refractivity contribution < 1.29 is 24.5 Å². The number of piperazine rings is 1. The number of hydrogen-bond donors (Lipinski definition) is 2. The number of anilines is 2. The minimum atomic E-state index is -1.24. The molecule has 0 spiro atoms. The van der Waals surface area contributed by atoms with E-state index in [0.717, 1.165) is 22.7 Å². The summed E-state index contributed by atoms with van der Waals surface area (Å²) in [6, 6.07) is 24.3. The van der Waals surface area contributed by atoms with E-state index in [1.165, 1.54) is 0 Å². The van der Waals surface area contributed by atoms with Gasteiger partial charge in [0.25, 0.3) is 0 Å². The van der Waals surface area contributed by atoms with Crippen LogP contribution < -0.4 is 9.64 Å². The zero-order valence-corrected chi connectivity index (χ0v) is 22.1. The largest absolute Gasteiger partial charge is 0.497 e. The lowest BCUT2D eigenvalue weighted by Gasteiger charge is -2.49. The highest BCUT2D eigenvalue weighted by atomic mass is 16.5. The van der Waals surface area contributed by atoms with Crippen molar-refractivity contribution in [3.63, 3.8) is 0 Å². The molecule has 39 heavy (non-hydrogen) atoms. The Bertz CT molecular complexity index is 1230. The lowest BCUT2D eigenvalue weighted by Crippen LogP contribution is -2.68. The maximum atomic E-state index is 13.7. The second kappa shape index (κ2) is 11.3. The molecule has 2 heterocycles. The molecular weight excluding hydrogens is 496 g/mol. The van der Waals surface area contributed by atoms with E-state index in [1.54, 1.807) is 33.8 Å². The summed E-state index contributed by atoms with van der Waals surface area (Å²) in [5, 5.41) is 22.1. The van der Waals surface area contributed by atoms with Crippen molar-refractivity contribution >= 4 is 23.4 Å². The van der Waals surface area contributed by atoms with E-state index in [-0.39, 0.29) is 18.6 Å². The van der Waals surface area contributed by atoms with Gasteiger partial charge in [0.15, 0.2) is 6.35 Å². The van der Waals surface area contributed by atoms with Crippen LogP contribution in [0.25, 0.3) is 0 Å². The number of para-hydroxylation sites is 2. The molecule has 9 nitrogen and oxygen atoms in total. The third-order valence-electron chi connectivity index (χ3n) is 7.67. The number of ether oxygens (including phenoxy) is 1. The highest BCUT2D eigenvalue weighted by molar-refractivity contribution is 5.80. The molecule has 5 rings (SSSR count). The number of methoxy groups -OCH3 is 1. The molecule has 2 fully saturated rings. The zero-order valence-electron chi connectivity index (χ0n) is 22.1. The van der Waals surface area contributed by atoms with Crippen LogP contribution in [0.4, 0.5) is 16.2 Å². The van der Waals surface area contributed by atoms with Crippen LogP contribution in [0.1, 0.15) is 18.4 Å². The summed E-state index contributed by atoms with van der Waals surface area (Å²) in [7, 11) is 3.34. The van der Waals surface area contributed by atoms with E-state index < -0.39 is 24.4 Å². The SMILES string of the molecule is COc1ccc(CN(C)C(=O)N2[C@H]3CC[C@@H]2[C@@H](C(=O)O)N(C(O)N(c2ccccc2)c2ccccc2)C3)cc1. The van der Waals surface area contributed by atoms with Gasteiger partial charge in [0.2, 0.25) is 0 Å². The molecule has 0 aliphatic carbocycles. The Labute approximate surface area is 228 Å². The molecule has 204 valence electrons. The number of rotatable bonds is 8. The van der Waals surface area contributed by atoms with Crippen LogP contribution in [-0.2, 0) is 11.3 Å². The quantitative estimate of drug-likeness (QED) is 0.426. The maximum absolute atomic E-state index is 13.7. The molecule has 0 saturated carbocycles. The van der Waals surface area contributed by atoms with Gasteiger partial charge in [-0.15, -0.1) is 0 Å². The second-order valence-corrected chi connectivity index (χ2v) is 10.1. The summed E-state index contributed by atoms with van der Waals surface area (Å²) in [5.41, 5.74) is 2.43. The number of carbonyl (C=O) groups is 2. The number of aliphatic hydroxyl groups excluding tert-OH is 1. The predicted molar refractivity (Wildman–Crippen MR) is 148 cm³/mol. The predicted octanol–water partition coefficient (Wildman–Crippen LogP) is 3.96. The van der Waals surface area contributed by atoms with E-state index in [1.807, 2.05) is 84.9 Å². The van der Waals surface area contributed by atoms with Crippen molar-refractivity contribution in [2.45, 2.75) is 43.9 Å². The first kappa shape index (κ1) is 26.5. The monoisotopic (exact) mass is 530 g/mol. The molecule has 4 atom stereocenters. The highest BCUT2D eigenvalue weighted by Crippen LogP contribution is 2.38. The molecule has 9 heteroatoms. The van der Waals surface area contributed by atoms with Crippen molar-refractivity contribution in [1.29, 1.82) is 0 Å². The Hall–Kier alpha value is -4.08. The number of likely N-dealkylation sites (tertiary alicyclic amines) is 1. The van der Waals surface area contributed by atoms with Crippen LogP contribution in [0.3, 0.4) is 0 Å². The summed E-state index contributed by atoms with van der Waals surface area (Å²) in [4.78, 5) is 33.1. The number of amides is 2. The van der Waals surface area contributed by atoms with E-state index in [2.05, 4.69) is 0 Å². The van der Waals surface area contributed by atoms with Crippen molar-refractivity contribution in [2.24, 2.45) is 0 Å². The average molecular weight is 531 g/mol. The lowest BCUT2D eigenvalue weighted by molar-refractivity contribution is -0.156. The second-order valence-electron chi connectivity index (χ2n) is 10.1. The fourth-order valence-corrected chi connectivity index (χ4v) is 5.83. The normalized spacial score (nSPS) is 21.3. The molecule has 2 amide bonds. The van der Waals surface area contributed by atoms with Crippen molar-refractivity contribution in [1.82, 2.24) is 14.7 Å². The van der Waals surface area contributed by atoms with E-state index >= 15 is 0 Å². The van der Waals surface area contributed by atoms with Crippen LogP contribution >= 0.6 is 0 Å². The maximum Gasteiger partial charge on any atom is 0.323 e. The number of carboxylic acid groups (broad SMARTS) is 1. The van der Waals surface area contributed by atoms with Gasteiger partial charge in [-0.2, -0.15) is 0 Å². The summed E-state index contributed by atoms with van der Waals surface area (Å²) in [6.07, 6.45) is -0.00612. The third-order valence-corrected chi connectivity index (χ3v) is 7.67. The van der Waals surface area contributed by atoms with E-state index in [0.29, 0.717) is 19.4 Å². The molecule has 0 radical (unpaired) electrons. The minimum absolute atomic E-state index is 0.207. The number of aliphatic carboxylic acids is 1. The van der Waals surface area contributed by atoms with Gasteiger partial charge in [-0.3, -0.25) is 4.79 Å². The van der Waals surface area contributed by atoms with Crippen molar-refractivity contribution in [3.05, 3.63) is 90.5 Å². The van der Waals surface area contributed by atoms with Gasteiger partial charge in [0.1, 0.15) is 11.8 Å². The Kier molecular flexibility index (Phi) is 7.72. The van der Waals surface area contributed by atoms with Gasteiger partial charge < -0.3 is 29.6 Å². The third kappa shape index (κ3) is 5.28. The van der Waals surface area contributed by atoms with Gasteiger partial charge in [0, 0.05) is 37.6 Å². The van der Waals surface area contributed by atoms with Gasteiger partial charge in [-0.25, -0.2) is 9.69 Å². The van der Waals surface area contributed by atoms with Crippen LogP contribution in [0.2, 0.25) is 0 Å². The molecule has 1 unspecified atom stereocenters. The molecule has 2 aliphatic heterocycles. The zero-order chi connectivity index (χ0) is 27.5. The smallest absolute Gasteiger partial charge is 0.323 e. The molecule has 2 N–H and O–H groups in total. The topological polar surface area (TPSA) is 96.8 Å². The molecule has 0 aromatic heterocycles. The Morgan fingerprint density at radius 3 is 2.08 bits per heavy atom. The fraction of sp³-hybridized carbons (Fsp3) is 0.333. The summed E-state index contributed by atoms with van der Waals surface area (Å²) >= 11 is 0. The summed E-state index contributed by atoms with van der Waals surface area (Å²) in [6.45, 7) is 0.631. The highest BCUT2D eigenvalue weighted by Gasteiger charge is 2.54. The number of hydrogen-bond acceptors (Lipinski definition) is 6. The first-order chi connectivity index (χ1) is 18.9. The Morgan fingerprint density at radius 2 is 1.54 bits per heavy atom. The number of carbonyl (C=O) groups excluding carboxylic acids is 1. The van der Waals surface area contributed by atoms with Crippen LogP contribution in [0.15, 0.2) is 84.9 Å². The molecule has 2 bridgehead atoms. The number of nitrogens with zero attached hydrogens (tertiary/aromatic N) is 4. The number of carboxylic acids is 1. The number of aliphatic hydroxyl groups is 1. The van der Waals surface area contributed by atoms with Crippen LogP contribution in [0, 0.1) is 0 Å². The van der Waals surface area contributed by atoms with Gasteiger partial charge in [-0.05, 0) is 54.8 Å². The summed E-state index contributed by atoms with van der Waals surface area (Å²) < 4.78 is 5.22. The van der Waals surface area contributed by atoms with Gasteiger partial charge >= 0.3 is 12.0 Å². The molecule has 3 aromatic rings. The summed E-state index contributed by atoms with van der Waals surface area (Å²) in [5.74, 6) is -0.319. The first-order valence-electron chi connectivity index (χ1n) is 13.1. The van der Waals surface area contributed by atoms with Crippen molar-refractivity contribution in [2.75, 3.05) is 25.6 Å². The van der Waals surface area contributed by atoms with Crippen LogP contribution in [-0.4, -0.2) is 82.1 Å². The van der Waals surface area contributed by atoms with Crippen LogP contribution in [0.5, 0.6) is 5.75 Å². The standard InChI is InChI=1S/C30H34N4O5/c1-31(19-21-13-16-25(39-2)17-14-21)29(37)34-24-15-18-26(34)27(28(35)36)32(20-24)30(38)33(22-9-5-3-6-10-22)23-11-7-4-8-12-23/h3-14,16-17,24,26-27,30,38H,15,18-20H2,1-2H3,(H,35,36)/t24-,26+,27-,30?/m0/s1. The molecule has 2 saturated heterocycles. The van der Waals surface area contributed by atoms with E-state index in [4.69, 9.17) is 4.74 Å². The number of fused-ring (bicyclic) bond motifs is 2. The minimum Gasteiger partial charge on any atom is -0.497 e. The van der Waals surface area contributed by atoms with Gasteiger partial charge in [0.05, 0.1) is 13.2 Å². The molecule has 3 aromatic carbocycles. The average Bonchev–Trinajstić information content (AvgIpc) is 3.26. The molecular formula is C30H34N4O5. The van der Waals surface area contributed by atoms with Gasteiger partial charge in [-0.1, -0.05) is 48.5 Å². The molecule has 2 aliphatic rings. The van der Waals surface area contributed by atoms with Crippen molar-refractivity contribution in [3.8, 4) is 5.75 Å². The fourth-order valence-electron chi connectivity index (χ4n) is 5.83. The number of urea groups is 1. The number of benzene rings is 3. The first-order valence-corrected chi connectivity index (χ1v) is 13.1. The lowest BCUT2D eigenvalue weighted by atomic mass is 10.0. The Morgan fingerprint density at radius 1 is 0.949 bits per heavy atom. The Balaban J connectivity index is 1.40.